The number of anilines is 6. The first kappa shape index (κ1) is 46.4. The molecule has 0 saturated carbocycles. The van der Waals surface area contributed by atoms with Crippen LogP contribution in [0.25, 0.3) is 54.9 Å². The van der Waals surface area contributed by atoms with Gasteiger partial charge in [0.15, 0.2) is 11.3 Å². The Morgan fingerprint density at radius 2 is 1.10 bits per heavy atom. The zero-order valence-electron chi connectivity index (χ0n) is 42.1. The standard InChI is InChI=1S/C61H54N2O2.C2H6.C2H2/c1-10-15-45-34-46-17-13-20-55(60(46)64-42(45)9)62(47-30-36(3)40(7)37(4)31-47)53-28-24-43-23-27-52-54(29-25-44-22-26-51(53)57(43)58(44)52)63(48-32-38(5)41(8)39(6)33-48)56-21-14-19-50-49-18-12-11-16-35(2)59(49)65-61(50)56;2*1-2/h10,12-33H,11,34H2,1-9H3;1-2H3;1-2H/b15-10-;;. The summed E-state index contributed by atoms with van der Waals surface area (Å²) in [6.07, 6.45) is 20.7. The summed E-state index contributed by atoms with van der Waals surface area (Å²) in [4.78, 5) is 4.88. The molecule has 0 unspecified atom stereocenters. The third-order valence-electron chi connectivity index (χ3n) is 14.4. The van der Waals surface area contributed by atoms with Crippen LogP contribution < -0.4 is 14.5 Å². The SMILES string of the molecule is C#C.C/C=C\C1=C(C)Oc2c(cccc2N(c2cc(C)c(C)c(C)c2)c2ccc3ccc4c(N(c5cc(C)c(C)c(C)c5)c5cccc6c7c(oc56)C(C)=CCC=C7)ccc5ccc2c3c54)C1.CC. The lowest BCUT2D eigenvalue weighted by Crippen LogP contribution is -2.16. The van der Waals surface area contributed by atoms with Crippen LogP contribution in [0.4, 0.5) is 34.1 Å². The van der Waals surface area contributed by atoms with Gasteiger partial charge in [0, 0.05) is 45.1 Å². The van der Waals surface area contributed by atoms with E-state index in [2.05, 4.69) is 225 Å². The van der Waals surface area contributed by atoms with Gasteiger partial charge in [-0.2, -0.15) is 0 Å². The molecule has 0 atom stereocenters. The van der Waals surface area contributed by atoms with Crippen LogP contribution in [0.2, 0.25) is 0 Å². The summed E-state index contributed by atoms with van der Waals surface area (Å²) in [5, 5.41) is 8.38. The number of para-hydroxylation sites is 2. The molecule has 9 aromatic rings. The van der Waals surface area contributed by atoms with Crippen LogP contribution in [0.15, 0.2) is 149 Å². The average Bonchev–Trinajstić information content (AvgIpc) is 3.64. The molecule has 4 heteroatoms. The summed E-state index contributed by atoms with van der Waals surface area (Å²) in [6.45, 7) is 23.6. The Bertz CT molecular complexity index is 3580. The number of nitrogens with zero attached hydrogens (tertiary/aromatic N) is 2. The first-order valence-electron chi connectivity index (χ1n) is 24.3. The molecule has 0 saturated heterocycles. The Hall–Kier alpha value is -7.74. The van der Waals surface area contributed by atoms with Gasteiger partial charge in [-0.1, -0.05) is 105 Å². The number of furan rings is 1. The van der Waals surface area contributed by atoms with Gasteiger partial charge in [-0.25, -0.2) is 0 Å². The van der Waals surface area contributed by atoms with Crippen molar-refractivity contribution in [1.82, 2.24) is 0 Å². The fourth-order valence-electron chi connectivity index (χ4n) is 10.5. The van der Waals surface area contributed by atoms with Crippen molar-refractivity contribution in [2.45, 2.75) is 89.0 Å². The molecule has 0 amide bonds. The Morgan fingerprint density at radius 1 is 0.580 bits per heavy atom. The molecule has 69 heavy (non-hydrogen) atoms. The third kappa shape index (κ3) is 7.77. The van der Waals surface area contributed by atoms with Crippen LogP contribution in [0.3, 0.4) is 0 Å². The lowest BCUT2D eigenvalue weighted by atomic mass is 9.91. The minimum absolute atomic E-state index is 0.818. The number of hydrogen-bond donors (Lipinski definition) is 0. The summed E-state index contributed by atoms with van der Waals surface area (Å²) >= 11 is 0. The smallest absolute Gasteiger partial charge is 0.159 e. The molecule has 1 aliphatic carbocycles. The van der Waals surface area contributed by atoms with Crippen molar-refractivity contribution in [3.8, 4) is 18.6 Å². The van der Waals surface area contributed by atoms with Crippen molar-refractivity contribution >= 4 is 89.1 Å². The van der Waals surface area contributed by atoms with Crippen molar-refractivity contribution in [3.05, 3.63) is 195 Å². The second-order valence-electron chi connectivity index (χ2n) is 18.3. The second-order valence-corrected chi connectivity index (χ2v) is 18.3. The molecule has 2 heterocycles. The predicted molar refractivity (Wildman–Crippen MR) is 298 cm³/mol. The first-order valence-corrected chi connectivity index (χ1v) is 24.3. The summed E-state index contributed by atoms with van der Waals surface area (Å²) in [7, 11) is 0. The maximum Gasteiger partial charge on any atom is 0.159 e. The van der Waals surface area contributed by atoms with E-state index in [4.69, 9.17) is 9.15 Å². The Balaban J connectivity index is 0.00000145. The molecule has 8 aromatic carbocycles. The quantitative estimate of drug-likeness (QED) is 0.118. The summed E-state index contributed by atoms with van der Waals surface area (Å²) < 4.78 is 13.8. The highest BCUT2D eigenvalue weighted by molar-refractivity contribution is 6.28. The van der Waals surface area contributed by atoms with Crippen LogP contribution in [-0.4, -0.2) is 0 Å². The van der Waals surface area contributed by atoms with Crippen molar-refractivity contribution in [2.24, 2.45) is 0 Å². The van der Waals surface area contributed by atoms with E-state index in [0.717, 1.165) is 86.3 Å². The number of hydrogen-bond acceptors (Lipinski definition) is 4. The van der Waals surface area contributed by atoms with Crippen LogP contribution in [0.1, 0.15) is 91.3 Å². The highest BCUT2D eigenvalue weighted by Crippen LogP contribution is 2.52. The molecular weight excluding hydrogens is 841 g/mol. The van der Waals surface area contributed by atoms with Crippen molar-refractivity contribution in [2.75, 3.05) is 9.80 Å². The van der Waals surface area contributed by atoms with Crippen molar-refractivity contribution < 1.29 is 9.15 Å². The van der Waals surface area contributed by atoms with Gasteiger partial charge in [-0.3, -0.25) is 0 Å². The van der Waals surface area contributed by atoms with Gasteiger partial charge in [0.2, 0.25) is 0 Å². The monoisotopic (exact) mass is 902 g/mol. The molecule has 1 aromatic heterocycles. The number of rotatable bonds is 7. The second kappa shape index (κ2) is 18.7. The van der Waals surface area contributed by atoms with Crippen LogP contribution in [0, 0.1) is 54.4 Å². The number of terminal acetylenes is 1. The van der Waals surface area contributed by atoms with Crippen LogP contribution >= 0.6 is 0 Å². The van der Waals surface area contributed by atoms with E-state index in [9.17, 15) is 0 Å². The van der Waals surface area contributed by atoms with E-state index in [1.165, 1.54) is 76.8 Å². The van der Waals surface area contributed by atoms with Gasteiger partial charge in [-0.15, -0.1) is 12.8 Å². The molecule has 0 radical (unpaired) electrons. The van der Waals surface area contributed by atoms with Gasteiger partial charge in [0.05, 0.1) is 22.7 Å². The van der Waals surface area contributed by atoms with Gasteiger partial charge in [0.1, 0.15) is 11.5 Å². The van der Waals surface area contributed by atoms with E-state index < -0.39 is 0 Å². The molecule has 0 spiro atoms. The number of benzene rings is 8. The van der Waals surface area contributed by atoms with Gasteiger partial charge >= 0.3 is 0 Å². The zero-order valence-corrected chi connectivity index (χ0v) is 42.1. The number of ether oxygens (including phenoxy) is 1. The third-order valence-corrected chi connectivity index (χ3v) is 14.4. The van der Waals surface area contributed by atoms with Gasteiger partial charge in [-0.05, 0) is 183 Å². The Kier molecular flexibility index (Phi) is 12.6. The minimum atomic E-state index is 0.818. The summed E-state index contributed by atoms with van der Waals surface area (Å²) in [5.74, 6) is 2.79. The van der Waals surface area contributed by atoms with Crippen molar-refractivity contribution in [3.63, 3.8) is 0 Å². The molecule has 4 nitrogen and oxygen atoms in total. The van der Waals surface area contributed by atoms with E-state index in [1.54, 1.807) is 0 Å². The van der Waals surface area contributed by atoms with Gasteiger partial charge < -0.3 is 19.0 Å². The van der Waals surface area contributed by atoms with Gasteiger partial charge in [0.25, 0.3) is 0 Å². The molecule has 0 bridgehead atoms. The van der Waals surface area contributed by atoms with E-state index in [-0.39, 0.29) is 0 Å². The van der Waals surface area contributed by atoms with E-state index in [1.807, 2.05) is 13.8 Å². The normalized spacial score (nSPS) is 13.1. The minimum Gasteiger partial charge on any atom is -0.459 e. The van der Waals surface area contributed by atoms with E-state index in [0.29, 0.717) is 0 Å². The highest BCUT2D eigenvalue weighted by atomic mass is 16.5. The maximum atomic E-state index is 6.98. The first-order chi connectivity index (χ1) is 33.5. The molecule has 2 aliphatic rings. The lowest BCUT2D eigenvalue weighted by molar-refractivity contribution is 0.407. The predicted octanol–water partition coefficient (Wildman–Crippen LogP) is 19.0. The van der Waals surface area contributed by atoms with Crippen molar-refractivity contribution in [1.29, 1.82) is 0 Å². The number of allylic oxidation sites excluding steroid dienone is 7. The molecule has 0 fully saturated rings. The topological polar surface area (TPSA) is 28.9 Å². The fourth-order valence-corrected chi connectivity index (χ4v) is 10.5. The lowest BCUT2D eigenvalue weighted by Gasteiger charge is -2.32. The summed E-state index contributed by atoms with van der Waals surface area (Å²) in [5.41, 5.74) is 19.7. The molecule has 1 aliphatic heterocycles. The average molecular weight is 903 g/mol. The van der Waals surface area contributed by atoms with Crippen LogP contribution in [-0.2, 0) is 6.42 Å². The largest absolute Gasteiger partial charge is 0.459 e. The number of fused-ring (bicyclic) bond motifs is 4. The fraction of sp³-hybridized carbons (Fsp3) is 0.200. The maximum absolute atomic E-state index is 6.98. The Labute approximate surface area is 408 Å². The summed E-state index contributed by atoms with van der Waals surface area (Å²) in [6, 6.07) is 41.1. The number of aryl methyl sites for hydroxylation is 4. The molecule has 11 rings (SSSR count). The van der Waals surface area contributed by atoms with E-state index >= 15 is 0 Å². The zero-order chi connectivity index (χ0) is 48.8. The molecule has 344 valence electrons. The Morgan fingerprint density at radius 3 is 1.67 bits per heavy atom. The highest BCUT2D eigenvalue weighted by Gasteiger charge is 2.28. The van der Waals surface area contributed by atoms with Crippen LogP contribution in [0.5, 0.6) is 5.75 Å². The molecular formula is C65H62N2O2. The molecule has 0 N–H and O–H groups in total.